The molecule has 1 aliphatic rings. The summed E-state index contributed by atoms with van der Waals surface area (Å²) >= 11 is 0. The summed E-state index contributed by atoms with van der Waals surface area (Å²) in [4.78, 5) is 21.4. The maximum atomic E-state index is 11.2. The minimum atomic E-state index is -1.82. The monoisotopic (exact) mass is 276 g/mol. The molecule has 3 N–H and O–H groups in total. The molecular formula is C13H12N2O5. The first-order chi connectivity index (χ1) is 9.42. The van der Waals surface area contributed by atoms with Crippen LogP contribution >= 0.6 is 0 Å². The third-order valence-corrected chi connectivity index (χ3v) is 2.83. The van der Waals surface area contributed by atoms with Crippen LogP contribution in [0.1, 0.15) is 0 Å². The highest BCUT2D eigenvalue weighted by molar-refractivity contribution is 5.75. The van der Waals surface area contributed by atoms with E-state index in [0.717, 1.165) is 18.2 Å². The Labute approximate surface area is 114 Å². The van der Waals surface area contributed by atoms with E-state index in [2.05, 4.69) is 0 Å². The summed E-state index contributed by atoms with van der Waals surface area (Å²) in [6.07, 6.45) is 3.28. The van der Waals surface area contributed by atoms with Crippen LogP contribution in [-0.4, -0.2) is 21.7 Å². The second-order valence-corrected chi connectivity index (χ2v) is 4.27. The van der Waals surface area contributed by atoms with Crippen LogP contribution in [0, 0.1) is 16.0 Å². The summed E-state index contributed by atoms with van der Waals surface area (Å²) in [5, 5.41) is 20.0. The summed E-state index contributed by atoms with van der Waals surface area (Å²) < 4.78 is 5.46. The number of rotatable bonds is 4. The van der Waals surface area contributed by atoms with E-state index in [4.69, 9.17) is 15.6 Å². The lowest BCUT2D eigenvalue weighted by molar-refractivity contribution is -0.420. The van der Waals surface area contributed by atoms with E-state index in [0.29, 0.717) is 5.75 Å². The Hall–Kier alpha value is -2.67. The molecular weight excluding hydrogens is 264 g/mol. The molecule has 0 saturated heterocycles. The zero-order valence-electron chi connectivity index (χ0n) is 10.3. The zero-order valence-corrected chi connectivity index (χ0v) is 10.3. The number of nitrogens with two attached hydrogens (primary N) is 1. The van der Waals surface area contributed by atoms with Gasteiger partial charge in [-0.2, -0.15) is 0 Å². The molecule has 2 atom stereocenters. The van der Waals surface area contributed by atoms with Crippen molar-refractivity contribution in [1.82, 2.24) is 0 Å². The van der Waals surface area contributed by atoms with Gasteiger partial charge in [0.15, 0.2) is 0 Å². The van der Waals surface area contributed by atoms with Gasteiger partial charge in [0.05, 0.1) is 11.0 Å². The lowest BCUT2D eigenvalue weighted by Crippen LogP contribution is -2.54. The predicted molar refractivity (Wildman–Crippen MR) is 69.3 cm³/mol. The molecule has 0 amide bonds. The average molecular weight is 276 g/mol. The normalized spacial score (nSPS) is 24.9. The second-order valence-electron chi connectivity index (χ2n) is 4.27. The summed E-state index contributed by atoms with van der Waals surface area (Å²) in [5.74, 6) is -2.11. The van der Waals surface area contributed by atoms with E-state index < -0.39 is 22.5 Å². The predicted octanol–water partition coefficient (Wildman–Crippen LogP) is 1.15. The Morgan fingerprint density at radius 2 is 2.05 bits per heavy atom. The van der Waals surface area contributed by atoms with Crippen molar-refractivity contribution in [2.45, 2.75) is 5.72 Å². The number of ether oxygens (including phenoxy) is 1. The number of hydrogen-bond acceptors (Lipinski definition) is 5. The van der Waals surface area contributed by atoms with Gasteiger partial charge < -0.3 is 9.84 Å². The molecule has 1 aliphatic carbocycles. The van der Waals surface area contributed by atoms with Gasteiger partial charge in [0.25, 0.3) is 5.70 Å². The van der Waals surface area contributed by atoms with E-state index in [1.807, 2.05) is 0 Å². The SMILES string of the molecule is NC1(Oc2ccccc2)C=C([N+](=O)[O-])C=CC1C(=O)O. The van der Waals surface area contributed by atoms with Crippen LogP contribution in [-0.2, 0) is 4.79 Å². The van der Waals surface area contributed by atoms with Crippen molar-refractivity contribution in [3.8, 4) is 5.75 Å². The van der Waals surface area contributed by atoms with E-state index in [1.54, 1.807) is 30.3 Å². The molecule has 2 unspecified atom stereocenters. The second kappa shape index (κ2) is 5.14. The van der Waals surface area contributed by atoms with E-state index in [9.17, 15) is 14.9 Å². The number of carbonyl (C=O) groups is 1. The fourth-order valence-electron chi connectivity index (χ4n) is 1.89. The molecule has 0 saturated carbocycles. The quantitative estimate of drug-likeness (QED) is 0.484. The van der Waals surface area contributed by atoms with Crippen molar-refractivity contribution in [3.63, 3.8) is 0 Å². The van der Waals surface area contributed by atoms with Crippen LogP contribution in [0.5, 0.6) is 5.75 Å². The van der Waals surface area contributed by atoms with Crippen LogP contribution in [0.15, 0.2) is 54.3 Å². The Bertz CT molecular complexity index is 596. The molecule has 0 spiro atoms. The summed E-state index contributed by atoms with van der Waals surface area (Å²) in [7, 11) is 0. The van der Waals surface area contributed by atoms with Crippen molar-refractivity contribution in [1.29, 1.82) is 0 Å². The number of aliphatic carboxylic acids is 1. The Kier molecular flexibility index (Phi) is 3.53. The molecule has 7 nitrogen and oxygen atoms in total. The molecule has 0 aliphatic heterocycles. The largest absolute Gasteiger partial charge is 0.481 e. The van der Waals surface area contributed by atoms with Gasteiger partial charge in [-0.1, -0.05) is 24.3 Å². The molecule has 0 fully saturated rings. The van der Waals surface area contributed by atoms with E-state index in [-0.39, 0.29) is 5.70 Å². The maximum absolute atomic E-state index is 11.2. The van der Waals surface area contributed by atoms with Gasteiger partial charge in [0.2, 0.25) is 5.72 Å². The van der Waals surface area contributed by atoms with Crippen molar-refractivity contribution >= 4 is 5.97 Å². The average Bonchev–Trinajstić information content (AvgIpc) is 2.38. The van der Waals surface area contributed by atoms with Gasteiger partial charge in [-0.3, -0.25) is 20.6 Å². The number of allylic oxidation sites excluding steroid dienone is 1. The maximum Gasteiger partial charge on any atom is 0.316 e. The summed E-state index contributed by atoms with van der Waals surface area (Å²) in [6.45, 7) is 0. The van der Waals surface area contributed by atoms with Crippen molar-refractivity contribution in [2.75, 3.05) is 0 Å². The third-order valence-electron chi connectivity index (χ3n) is 2.83. The topological polar surface area (TPSA) is 116 Å². The van der Waals surface area contributed by atoms with Crippen LogP contribution < -0.4 is 10.5 Å². The van der Waals surface area contributed by atoms with E-state index >= 15 is 0 Å². The minimum absolute atomic E-state index is 0.305. The standard InChI is InChI=1S/C13H12N2O5/c14-13(20-10-4-2-1-3-5-10)8-9(15(18)19)6-7-11(13)12(16)17/h1-8,11H,14H2,(H,16,17). The third kappa shape index (κ3) is 2.67. The van der Waals surface area contributed by atoms with E-state index in [1.165, 1.54) is 0 Å². The van der Waals surface area contributed by atoms with Gasteiger partial charge in [0, 0.05) is 6.08 Å². The highest BCUT2D eigenvalue weighted by Crippen LogP contribution is 2.29. The number of para-hydroxylation sites is 1. The molecule has 0 radical (unpaired) electrons. The van der Waals surface area contributed by atoms with Crippen LogP contribution in [0.4, 0.5) is 0 Å². The molecule has 0 aromatic heterocycles. The van der Waals surface area contributed by atoms with Crippen LogP contribution in [0.3, 0.4) is 0 Å². The Morgan fingerprint density at radius 1 is 1.40 bits per heavy atom. The summed E-state index contributed by atoms with van der Waals surface area (Å²) in [6, 6.07) is 8.30. The molecule has 2 rings (SSSR count). The fraction of sp³-hybridized carbons (Fsp3) is 0.154. The van der Waals surface area contributed by atoms with Gasteiger partial charge in [0.1, 0.15) is 11.7 Å². The molecule has 1 aromatic rings. The first-order valence-electron chi connectivity index (χ1n) is 5.73. The van der Waals surface area contributed by atoms with Gasteiger partial charge in [-0.15, -0.1) is 0 Å². The molecule has 7 heteroatoms. The highest BCUT2D eigenvalue weighted by atomic mass is 16.6. The zero-order chi connectivity index (χ0) is 14.8. The number of carboxylic acids is 1. The molecule has 104 valence electrons. The first kappa shape index (κ1) is 13.8. The van der Waals surface area contributed by atoms with Gasteiger partial charge in [-0.25, -0.2) is 0 Å². The van der Waals surface area contributed by atoms with Crippen LogP contribution in [0.25, 0.3) is 0 Å². The molecule has 0 heterocycles. The van der Waals surface area contributed by atoms with Crippen LogP contribution in [0.2, 0.25) is 0 Å². The fourth-order valence-corrected chi connectivity index (χ4v) is 1.89. The first-order valence-corrected chi connectivity index (χ1v) is 5.73. The number of hydrogen-bond donors (Lipinski definition) is 2. The highest BCUT2D eigenvalue weighted by Gasteiger charge is 2.43. The number of benzene rings is 1. The Morgan fingerprint density at radius 3 is 2.60 bits per heavy atom. The molecule has 0 bridgehead atoms. The van der Waals surface area contributed by atoms with Crippen molar-refractivity contribution in [2.24, 2.45) is 11.7 Å². The minimum Gasteiger partial charge on any atom is -0.481 e. The number of carboxylic acid groups (broad SMARTS) is 1. The Balaban J connectivity index is 2.38. The molecule has 1 aromatic carbocycles. The lowest BCUT2D eigenvalue weighted by atomic mass is 9.90. The number of nitro groups is 1. The number of nitrogens with zero attached hydrogens (tertiary/aromatic N) is 1. The van der Waals surface area contributed by atoms with Gasteiger partial charge in [-0.05, 0) is 12.1 Å². The smallest absolute Gasteiger partial charge is 0.316 e. The lowest BCUT2D eigenvalue weighted by Gasteiger charge is -2.32. The summed E-state index contributed by atoms with van der Waals surface area (Å²) in [5.41, 5.74) is 3.81. The van der Waals surface area contributed by atoms with Crippen molar-refractivity contribution in [3.05, 3.63) is 64.4 Å². The molecule has 20 heavy (non-hydrogen) atoms. The van der Waals surface area contributed by atoms with Crippen molar-refractivity contribution < 1.29 is 19.6 Å². The van der Waals surface area contributed by atoms with Gasteiger partial charge >= 0.3 is 5.97 Å².